The van der Waals surface area contributed by atoms with E-state index in [-0.39, 0.29) is 17.5 Å². The van der Waals surface area contributed by atoms with Crippen LogP contribution in [0.5, 0.6) is 0 Å². The molecule has 2 heterocycles. The summed E-state index contributed by atoms with van der Waals surface area (Å²) < 4.78 is 5.58. The van der Waals surface area contributed by atoms with Crippen LogP contribution in [0.2, 0.25) is 0 Å². The van der Waals surface area contributed by atoms with E-state index in [1.54, 1.807) is 12.3 Å². The van der Waals surface area contributed by atoms with Gasteiger partial charge in [0.05, 0.1) is 18.9 Å². The molecule has 2 fully saturated rings. The van der Waals surface area contributed by atoms with E-state index in [0.29, 0.717) is 37.0 Å². The SMILES string of the molecule is Cc1ccc2ccnc(Nc3cccc(C(=O)C(=N)CC(C4=CC=CC5CC45)N4CCOCC4)c3)c2c1. The van der Waals surface area contributed by atoms with Gasteiger partial charge in [-0.25, -0.2) is 4.98 Å². The summed E-state index contributed by atoms with van der Waals surface area (Å²) in [5.74, 6) is 1.72. The van der Waals surface area contributed by atoms with E-state index in [4.69, 9.17) is 10.1 Å². The fourth-order valence-electron chi connectivity index (χ4n) is 5.67. The Morgan fingerprint density at radius 1 is 1.19 bits per heavy atom. The molecule has 0 amide bonds. The van der Waals surface area contributed by atoms with Crippen LogP contribution < -0.4 is 5.32 Å². The van der Waals surface area contributed by atoms with Gasteiger partial charge in [-0.15, -0.1) is 0 Å². The number of ketones is 1. The normalized spacial score (nSPS) is 21.7. The van der Waals surface area contributed by atoms with Crippen molar-refractivity contribution in [3.8, 4) is 0 Å². The Morgan fingerprint density at radius 3 is 2.92 bits per heavy atom. The Bertz CT molecular complexity index is 1420. The van der Waals surface area contributed by atoms with E-state index in [0.717, 1.165) is 40.9 Å². The maximum Gasteiger partial charge on any atom is 0.206 e. The van der Waals surface area contributed by atoms with Gasteiger partial charge in [0.2, 0.25) is 5.78 Å². The highest BCUT2D eigenvalue weighted by atomic mass is 16.5. The summed E-state index contributed by atoms with van der Waals surface area (Å²) in [5, 5.41) is 14.4. The predicted octanol–water partition coefficient (Wildman–Crippen LogP) is 5.71. The molecule has 2 aromatic carbocycles. The maximum atomic E-state index is 13.5. The van der Waals surface area contributed by atoms with Crippen LogP contribution in [0, 0.1) is 24.2 Å². The first-order chi connectivity index (χ1) is 18.1. The van der Waals surface area contributed by atoms with Gasteiger partial charge in [-0.3, -0.25) is 9.69 Å². The van der Waals surface area contributed by atoms with Gasteiger partial charge >= 0.3 is 0 Å². The molecule has 1 saturated heterocycles. The van der Waals surface area contributed by atoms with Gasteiger partial charge in [0.25, 0.3) is 0 Å². The average molecular weight is 493 g/mol. The minimum Gasteiger partial charge on any atom is -0.379 e. The molecule has 6 heteroatoms. The number of hydrogen-bond acceptors (Lipinski definition) is 6. The smallest absolute Gasteiger partial charge is 0.206 e. The highest BCUT2D eigenvalue weighted by molar-refractivity contribution is 6.45. The van der Waals surface area contributed by atoms with Gasteiger partial charge in [0, 0.05) is 48.4 Å². The first-order valence-corrected chi connectivity index (χ1v) is 13.1. The predicted molar refractivity (Wildman–Crippen MR) is 148 cm³/mol. The van der Waals surface area contributed by atoms with Gasteiger partial charge < -0.3 is 15.5 Å². The van der Waals surface area contributed by atoms with Gasteiger partial charge in [-0.05, 0) is 60.4 Å². The van der Waals surface area contributed by atoms with Crippen molar-refractivity contribution in [2.45, 2.75) is 25.8 Å². The molecule has 0 radical (unpaired) electrons. The lowest BCUT2D eigenvalue weighted by molar-refractivity contribution is 0.0238. The van der Waals surface area contributed by atoms with Crippen molar-refractivity contribution in [2.75, 3.05) is 31.6 Å². The van der Waals surface area contributed by atoms with E-state index in [2.05, 4.69) is 58.6 Å². The first-order valence-electron chi connectivity index (χ1n) is 13.1. The van der Waals surface area contributed by atoms with Crippen molar-refractivity contribution in [1.29, 1.82) is 5.41 Å². The number of carbonyl (C=O) groups is 1. The largest absolute Gasteiger partial charge is 0.379 e. The number of morpholine rings is 1. The lowest BCUT2D eigenvalue weighted by Crippen LogP contribution is -2.46. The number of benzene rings is 2. The van der Waals surface area contributed by atoms with Crippen molar-refractivity contribution in [1.82, 2.24) is 9.88 Å². The zero-order valence-corrected chi connectivity index (χ0v) is 21.1. The summed E-state index contributed by atoms with van der Waals surface area (Å²) in [5.41, 5.74) is 4.00. The maximum absolute atomic E-state index is 13.5. The average Bonchev–Trinajstić information content (AvgIpc) is 3.73. The standard InChI is InChI=1S/C31H32N4O2/c1-20-8-9-21-10-11-33-31(27(21)16-20)34-24-6-2-5-23(17-24)30(36)28(32)19-29(35-12-14-37-15-13-35)25-7-3-4-22-18-26(22)25/h2-11,16-17,22,26,29,32H,12-15,18-19H2,1H3,(H,33,34). The molecule has 2 aliphatic carbocycles. The highest BCUT2D eigenvalue weighted by Gasteiger charge is 2.43. The zero-order valence-electron chi connectivity index (χ0n) is 21.1. The molecule has 6 rings (SSSR count). The number of anilines is 2. The van der Waals surface area contributed by atoms with Crippen molar-refractivity contribution in [2.24, 2.45) is 11.8 Å². The van der Waals surface area contributed by atoms with E-state index in [1.807, 2.05) is 24.3 Å². The van der Waals surface area contributed by atoms with Crippen LogP contribution in [0.3, 0.4) is 0 Å². The summed E-state index contributed by atoms with van der Waals surface area (Å²) in [6.07, 6.45) is 10.0. The molecule has 37 heavy (non-hydrogen) atoms. The Balaban J connectivity index is 1.21. The highest BCUT2D eigenvalue weighted by Crippen LogP contribution is 2.49. The fourth-order valence-corrected chi connectivity index (χ4v) is 5.67. The molecule has 188 valence electrons. The number of aromatic nitrogens is 1. The number of nitrogens with one attached hydrogen (secondary N) is 2. The van der Waals surface area contributed by atoms with Crippen LogP contribution in [0.1, 0.15) is 28.8 Å². The zero-order chi connectivity index (χ0) is 25.4. The molecule has 1 saturated carbocycles. The van der Waals surface area contributed by atoms with E-state index in [9.17, 15) is 4.79 Å². The summed E-state index contributed by atoms with van der Waals surface area (Å²) in [4.78, 5) is 20.4. The Hall–Kier alpha value is -3.61. The number of carbonyl (C=O) groups excluding carboxylic acids is 1. The Morgan fingerprint density at radius 2 is 2.05 bits per heavy atom. The van der Waals surface area contributed by atoms with Crippen LogP contribution in [-0.2, 0) is 4.74 Å². The second-order valence-electron chi connectivity index (χ2n) is 10.3. The summed E-state index contributed by atoms with van der Waals surface area (Å²) in [7, 11) is 0. The van der Waals surface area contributed by atoms with Gasteiger partial charge in [0.15, 0.2) is 0 Å². The number of pyridine rings is 1. The number of hydrogen-bond donors (Lipinski definition) is 2. The number of ether oxygens (including phenoxy) is 1. The number of nitrogens with zero attached hydrogens (tertiary/aromatic N) is 2. The monoisotopic (exact) mass is 492 g/mol. The molecular formula is C31H32N4O2. The summed E-state index contributed by atoms with van der Waals surface area (Å²) in [6.45, 7) is 5.13. The molecule has 3 aromatic rings. The van der Waals surface area contributed by atoms with Crippen molar-refractivity contribution in [3.63, 3.8) is 0 Å². The topological polar surface area (TPSA) is 78.3 Å². The van der Waals surface area contributed by atoms with Gasteiger partial charge in [-0.1, -0.05) is 48.1 Å². The fraction of sp³-hybridized carbons (Fsp3) is 0.323. The van der Waals surface area contributed by atoms with Crippen LogP contribution in [0.15, 0.2) is 78.5 Å². The van der Waals surface area contributed by atoms with Crippen LogP contribution in [-0.4, -0.2) is 53.7 Å². The minimum atomic E-state index is -0.220. The number of fused-ring (bicyclic) bond motifs is 2. The van der Waals surface area contributed by atoms with Crippen molar-refractivity contribution in [3.05, 3.63) is 89.7 Å². The van der Waals surface area contributed by atoms with Crippen molar-refractivity contribution < 1.29 is 9.53 Å². The molecule has 0 spiro atoms. The third-order valence-electron chi connectivity index (χ3n) is 7.77. The second kappa shape index (κ2) is 10.0. The molecule has 1 aliphatic heterocycles. The third kappa shape index (κ3) is 4.99. The number of Topliss-reactive ketones (excluding diaryl/α,β-unsaturated/α-hetero) is 1. The first kappa shape index (κ1) is 23.8. The van der Waals surface area contributed by atoms with Crippen molar-refractivity contribution >= 4 is 33.8 Å². The molecule has 0 bridgehead atoms. The quantitative estimate of drug-likeness (QED) is 0.311. The number of rotatable bonds is 8. The number of allylic oxidation sites excluding steroid dienone is 3. The van der Waals surface area contributed by atoms with E-state index < -0.39 is 0 Å². The van der Waals surface area contributed by atoms with Crippen LogP contribution >= 0.6 is 0 Å². The molecule has 6 nitrogen and oxygen atoms in total. The number of aryl methyl sites for hydroxylation is 1. The molecule has 3 unspecified atom stereocenters. The third-order valence-corrected chi connectivity index (χ3v) is 7.77. The summed E-state index contributed by atoms with van der Waals surface area (Å²) >= 11 is 0. The Labute approximate surface area is 217 Å². The van der Waals surface area contributed by atoms with Gasteiger partial charge in [0.1, 0.15) is 5.82 Å². The minimum absolute atomic E-state index is 0.0738. The lowest BCUT2D eigenvalue weighted by atomic mass is 9.90. The van der Waals surface area contributed by atoms with E-state index in [1.165, 1.54) is 12.0 Å². The van der Waals surface area contributed by atoms with Gasteiger partial charge in [-0.2, -0.15) is 0 Å². The molecule has 2 N–H and O–H groups in total. The second-order valence-corrected chi connectivity index (χ2v) is 10.3. The molecule has 1 aromatic heterocycles. The van der Waals surface area contributed by atoms with Crippen LogP contribution in [0.4, 0.5) is 11.5 Å². The molecule has 3 atom stereocenters. The lowest BCUT2D eigenvalue weighted by Gasteiger charge is -2.36. The van der Waals surface area contributed by atoms with Crippen LogP contribution in [0.25, 0.3) is 10.8 Å². The Kier molecular flexibility index (Phi) is 6.45. The summed E-state index contributed by atoms with van der Waals surface area (Å²) in [6, 6.07) is 15.8. The molecule has 3 aliphatic rings. The van der Waals surface area contributed by atoms with E-state index >= 15 is 0 Å². The molecular weight excluding hydrogens is 460 g/mol.